The molecule has 2 aliphatic rings. The number of aromatic hydroxyl groups is 1. The Morgan fingerprint density at radius 3 is 2.65 bits per heavy atom. The SMILES string of the molecule is O=C1CCC2C(=C1Cc1ccccc1)CCc1cc(O)ccc12. The second-order valence-electron chi connectivity index (χ2n) is 6.56. The molecule has 1 unspecified atom stereocenters. The summed E-state index contributed by atoms with van der Waals surface area (Å²) >= 11 is 0. The lowest BCUT2D eigenvalue weighted by atomic mass is 9.70. The van der Waals surface area contributed by atoms with Gasteiger partial charge < -0.3 is 5.11 Å². The molecule has 1 atom stereocenters. The quantitative estimate of drug-likeness (QED) is 0.897. The largest absolute Gasteiger partial charge is 0.508 e. The maximum atomic E-state index is 12.5. The van der Waals surface area contributed by atoms with E-state index in [1.807, 2.05) is 30.3 Å². The number of phenols is 1. The summed E-state index contributed by atoms with van der Waals surface area (Å²) in [4.78, 5) is 12.5. The number of ketones is 1. The van der Waals surface area contributed by atoms with Crippen molar-refractivity contribution in [3.05, 3.63) is 76.4 Å². The number of hydrogen-bond acceptors (Lipinski definition) is 2. The van der Waals surface area contributed by atoms with E-state index >= 15 is 0 Å². The van der Waals surface area contributed by atoms with Crippen LogP contribution in [-0.4, -0.2) is 10.9 Å². The highest BCUT2D eigenvalue weighted by molar-refractivity contribution is 5.98. The highest BCUT2D eigenvalue weighted by atomic mass is 16.3. The maximum absolute atomic E-state index is 12.5. The predicted octanol–water partition coefficient (Wildman–Crippen LogP) is 4.32. The molecule has 2 aliphatic carbocycles. The first-order valence-corrected chi connectivity index (χ1v) is 8.33. The Hall–Kier alpha value is -2.35. The van der Waals surface area contributed by atoms with Gasteiger partial charge in [0.25, 0.3) is 0 Å². The van der Waals surface area contributed by atoms with E-state index in [4.69, 9.17) is 0 Å². The van der Waals surface area contributed by atoms with Crippen molar-refractivity contribution in [3.63, 3.8) is 0 Å². The summed E-state index contributed by atoms with van der Waals surface area (Å²) in [5.41, 5.74) is 6.13. The summed E-state index contributed by atoms with van der Waals surface area (Å²) in [7, 11) is 0. The average Bonchev–Trinajstić information content (AvgIpc) is 2.57. The molecule has 2 aromatic rings. The summed E-state index contributed by atoms with van der Waals surface area (Å²) < 4.78 is 0. The van der Waals surface area contributed by atoms with Gasteiger partial charge in [-0.05, 0) is 53.7 Å². The molecule has 0 aliphatic heterocycles. The van der Waals surface area contributed by atoms with Gasteiger partial charge in [-0.1, -0.05) is 42.0 Å². The fraction of sp³-hybridized carbons (Fsp3) is 0.286. The Labute approximate surface area is 136 Å². The zero-order chi connectivity index (χ0) is 15.8. The van der Waals surface area contributed by atoms with E-state index in [0.29, 0.717) is 23.9 Å². The van der Waals surface area contributed by atoms with Crippen LogP contribution in [0.4, 0.5) is 0 Å². The molecular formula is C21H20O2. The molecule has 0 radical (unpaired) electrons. The van der Waals surface area contributed by atoms with Gasteiger partial charge in [0.15, 0.2) is 5.78 Å². The summed E-state index contributed by atoms with van der Waals surface area (Å²) in [6.45, 7) is 0. The van der Waals surface area contributed by atoms with E-state index in [2.05, 4.69) is 12.1 Å². The van der Waals surface area contributed by atoms with E-state index < -0.39 is 0 Å². The zero-order valence-electron chi connectivity index (χ0n) is 13.1. The normalized spacial score (nSPS) is 20.2. The standard InChI is InChI=1S/C21H20O2/c22-16-7-9-17-15(13-16)6-8-19-18(17)10-11-21(23)20(19)12-14-4-2-1-3-5-14/h1-5,7,9,13,18,22H,6,8,10-12H2. The topological polar surface area (TPSA) is 37.3 Å². The van der Waals surface area contributed by atoms with E-state index in [-0.39, 0.29) is 0 Å². The lowest BCUT2D eigenvalue weighted by molar-refractivity contribution is -0.116. The molecule has 4 rings (SSSR count). The number of Topliss-reactive ketones (excluding diaryl/α,β-unsaturated/α-hetero) is 1. The van der Waals surface area contributed by atoms with Gasteiger partial charge in [0, 0.05) is 18.8 Å². The van der Waals surface area contributed by atoms with Crippen molar-refractivity contribution in [2.24, 2.45) is 0 Å². The minimum absolute atomic E-state index is 0.322. The Bertz CT molecular complexity index is 787. The summed E-state index contributed by atoms with van der Waals surface area (Å²) in [5.74, 6) is 1.02. The molecule has 2 nitrogen and oxygen atoms in total. The summed E-state index contributed by atoms with van der Waals surface area (Å²) in [5, 5.41) is 9.71. The predicted molar refractivity (Wildman–Crippen MR) is 90.6 cm³/mol. The van der Waals surface area contributed by atoms with Gasteiger partial charge in [-0.2, -0.15) is 0 Å². The number of carbonyl (C=O) groups excluding carboxylic acids is 1. The third-order valence-electron chi connectivity index (χ3n) is 5.19. The van der Waals surface area contributed by atoms with Crippen LogP contribution in [0.3, 0.4) is 0 Å². The molecule has 116 valence electrons. The molecular weight excluding hydrogens is 284 g/mol. The van der Waals surface area contributed by atoms with E-state index in [9.17, 15) is 9.90 Å². The Morgan fingerprint density at radius 1 is 1.00 bits per heavy atom. The highest BCUT2D eigenvalue weighted by Gasteiger charge is 2.33. The molecule has 0 saturated heterocycles. The fourth-order valence-electron chi connectivity index (χ4n) is 4.09. The van der Waals surface area contributed by atoms with E-state index in [1.54, 1.807) is 6.07 Å². The number of phenolic OH excluding ortho intramolecular Hbond substituents is 1. The first kappa shape index (κ1) is 14.3. The van der Waals surface area contributed by atoms with Crippen molar-refractivity contribution in [2.45, 2.75) is 38.0 Å². The Kier molecular flexibility index (Phi) is 3.53. The molecule has 0 bridgehead atoms. The minimum atomic E-state index is 0.322. The van der Waals surface area contributed by atoms with Crippen LogP contribution in [0.5, 0.6) is 5.75 Å². The second kappa shape index (κ2) is 5.69. The third-order valence-corrected chi connectivity index (χ3v) is 5.19. The Balaban J connectivity index is 1.75. The molecule has 0 saturated carbocycles. The van der Waals surface area contributed by atoms with Crippen molar-refractivity contribution in [1.29, 1.82) is 0 Å². The van der Waals surface area contributed by atoms with Crippen LogP contribution in [0.2, 0.25) is 0 Å². The van der Waals surface area contributed by atoms with Gasteiger partial charge in [0.05, 0.1) is 0 Å². The first-order chi connectivity index (χ1) is 11.2. The number of fused-ring (bicyclic) bond motifs is 3. The number of hydrogen-bond donors (Lipinski definition) is 1. The van der Waals surface area contributed by atoms with Crippen molar-refractivity contribution in [1.82, 2.24) is 0 Å². The van der Waals surface area contributed by atoms with E-state index in [0.717, 1.165) is 31.3 Å². The number of allylic oxidation sites excluding steroid dienone is 2. The van der Waals surface area contributed by atoms with Crippen LogP contribution in [0.15, 0.2) is 59.7 Å². The van der Waals surface area contributed by atoms with Crippen LogP contribution >= 0.6 is 0 Å². The molecule has 0 heterocycles. The first-order valence-electron chi connectivity index (χ1n) is 8.33. The second-order valence-corrected chi connectivity index (χ2v) is 6.56. The summed E-state index contributed by atoms with van der Waals surface area (Å²) in [6.07, 6.45) is 4.15. The Morgan fingerprint density at radius 2 is 1.83 bits per heavy atom. The lowest BCUT2D eigenvalue weighted by Gasteiger charge is -2.34. The minimum Gasteiger partial charge on any atom is -0.508 e. The van der Waals surface area contributed by atoms with Crippen LogP contribution in [0.25, 0.3) is 0 Å². The van der Waals surface area contributed by atoms with Crippen LogP contribution in [0, 0.1) is 0 Å². The maximum Gasteiger partial charge on any atom is 0.159 e. The summed E-state index contributed by atoms with van der Waals surface area (Å²) in [6, 6.07) is 16.0. The van der Waals surface area contributed by atoms with Crippen molar-refractivity contribution in [2.75, 3.05) is 0 Å². The van der Waals surface area contributed by atoms with Gasteiger partial charge in [-0.3, -0.25) is 4.79 Å². The molecule has 0 aromatic heterocycles. The van der Waals surface area contributed by atoms with Crippen LogP contribution in [-0.2, 0) is 17.6 Å². The van der Waals surface area contributed by atoms with Crippen LogP contribution < -0.4 is 0 Å². The van der Waals surface area contributed by atoms with Gasteiger partial charge in [0.2, 0.25) is 0 Å². The fourth-order valence-corrected chi connectivity index (χ4v) is 4.09. The number of aryl methyl sites for hydroxylation is 1. The average molecular weight is 304 g/mol. The van der Waals surface area contributed by atoms with E-state index in [1.165, 1.54) is 22.3 Å². The monoisotopic (exact) mass is 304 g/mol. The van der Waals surface area contributed by atoms with Gasteiger partial charge in [0.1, 0.15) is 5.75 Å². The molecule has 0 fully saturated rings. The zero-order valence-corrected chi connectivity index (χ0v) is 13.1. The number of benzene rings is 2. The van der Waals surface area contributed by atoms with Crippen molar-refractivity contribution in [3.8, 4) is 5.75 Å². The molecule has 0 amide bonds. The number of rotatable bonds is 2. The lowest BCUT2D eigenvalue weighted by Crippen LogP contribution is -2.24. The van der Waals surface area contributed by atoms with Gasteiger partial charge in [-0.25, -0.2) is 0 Å². The number of carbonyl (C=O) groups is 1. The smallest absolute Gasteiger partial charge is 0.159 e. The van der Waals surface area contributed by atoms with Crippen molar-refractivity contribution >= 4 is 5.78 Å². The third kappa shape index (κ3) is 2.59. The molecule has 23 heavy (non-hydrogen) atoms. The molecule has 1 N–H and O–H groups in total. The van der Waals surface area contributed by atoms with Gasteiger partial charge >= 0.3 is 0 Å². The van der Waals surface area contributed by atoms with Crippen LogP contribution in [0.1, 0.15) is 41.9 Å². The van der Waals surface area contributed by atoms with Gasteiger partial charge in [-0.15, -0.1) is 0 Å². The highest BCUT2D eigenvalue weighted by Crippen LogP contribution is 2.44. The molecule has 0 spiro atoms. The molecule has 2 heteroatoms. The van der Waals surface area contributed by atoms with Crippen molar-refractivity contribution < 1.29 is 9.90 Å². The molecule has 2 aromatic carbocycles.